The molecule has 6 nitrogen and oxygen atoms in total. The van der Waals surface area contributed by atoms with Gasteiger partial charge in [-0.15, -0.1) is 11.3 Å². The number of hydrogen-bond donors (Lipinski definition) is 1. The Bertz CT molecular complexity index is 1130. The summed E-state index contributed by atoms with van der Waals surface area (Å²) < 4.78 is 7.26. The van der Waals surface area contributed by atoms with Gasteiger partial charge in [-0.2, -0.15) is 0 Å². The zero-order valence-electron chi connectivity index (χ0n) is 19.0. The molecule has 0 spiro atoms. The molecule has 1 N–H and O–H groups in total. The molecule has 0 amide bonds. The average Bonchev–Trinajstić information content (AvgIpc) is 3.19. The Morgan fingerprint density at radius 1 is 1.22 bits per heavy atom. The van der Waals surface area contributed by atoms with E-state index in [1.165, 1.54) is 10.4 Å². The molecule has 0 unspecified atom stereocenters. The molecule has 3 aromatic rings. The molecule has 1 atom stereocenters. The second-order valence-electron chi connectivity index (χ2n) is 9.58. The molecule has 1 aliphatic carbocycles. The molecule has 1 saturated heterocycles. The van der Waals surface area contributed by atoms with Crippen LogP contribution in [0.3, 0.4) is 0 Å². The van der Waals surface area contributed by atoms with Crippen LogP contribution in [0.25, 0.3) is 10.2 Å². The topological polar surface area (TPSA) is 59.4 Å². The van der Waals surface area contributed by atoms with Gasteiger partial charge in [-0.1, -0.05) is 30.3 Å². The molecule has 7 heteroatoms. The quantitative estimate of drug-likeness (QED) is 0.623. The lowest BCUT2D eigenvalue weighted by molar-refractivity contribution is -0.0104. The Labute approximate surface area is 193 Å². The summed E-state index contributed by atoms with van der Waals surface area (Å²) in [4.78, 5) is 22.7. The Balaban J connectivity index is 1.30. The van der Waals surface area contributed by atoms with E-state index in [1.807, 2.05) is 30.3 Å². The highest BCUT2D eigenvalue weighted by molar-refractivity contribution is 7.18. The third kappa shape index (κ3) is 4.39. The lowest BCUT2D eigenvalue weighted by Gasteiger charge is -2.42. The number of ether oxygens (including phenoxy) is 1. The summed E-state index contributed by atoms with van der Waals surface area (Å²) in [5.74, 6) is 0. The molecule has 2 aliphatic rings. The van der Waals surface area contributed by atoms with Gasteiger partial charge in [-0.05, 0) is 44.2 Å². The molecule has 1 fully saturated rings. The van der Waals surface area contributed by atoms with Gasteiger partial charge in [0.25, 0.3) is 5.56 Å². The van der Waals surface area contributed by atoms with Crippen LogP contribution in [-0.2, 0) is 24.1 Å². The summed E-state index contributed by atoms with van der Waals surface area (Å²) in [6.07, 6.45) is 4.69. The van der Waals surface area contributed by atoms with Gasteiger partial charge in [0.05, 0.1) is 31.5 Å². The molecule has 0 bridgehead atoms. The third-order valence-corrected chi connectivity index (χ3v) is 8.08. The van der Waals surface area contributed by atoms with E-state index in [-0.39, 0.29) is 11.1 Å². The summed E-state index contributed by atoms with van der Waals surface area (Å²) >= 11 is 1.70. The Morgan fingerprint density at radius 3 is 2.78 bits per heavy atom. The number of benzene rings is 1. The predicted octanol–water partition coefficient (Wildman–Crippen LogP) is 3.06. The van der Waals surface area contributed by atoms with Crippen molar-refractivity contribution in [3.63, 3.8) is 0 Å². The molecule has 2 aromatic heterocycles. The van der Waals surface area contributed by atoms with Gasteiger partial charge in [0, 0.05) is 36.1 Å². The smallest absolute Gasteiger partial charge is 0.262 e. The lowest BCUT2D eigenvalue weighted by Crippen LogP contribution is -2.56. The van der Waals surface area contributed by atoms with Gasteiger partial charge in [0.1, 0.15) is 4.83 Å². The van der Waals surface area contributed by atoms with Crippen molar-refractivity contribution in [2.75, 3.05) is 32.8 Å². The fraction of sp³-hybridized carbons (Fsp3) is 0.520. The summed E-state index contributed by atoms with van der Waals surface area (Å²) in [7, 11) is 0. The maximum absolute atomic E-state index is 13.3. The van der Waals surface area contributed by atoms with Crippen LogP contribution in [0.1, 0.15) is 36.3 Å². The summed E-state index contributed by atoms with van der Waals surface area (Å²) in [6, 6.07) is 10.6. The van der Waals surface area contributed by atoms with Crippen LogP contribution in [0.4, 0.5) is 0 Å². The number of aromatic nitrogens is 2. The molecular formula is C25H32N4O2S. The Hall–Kier alpha value is -2.06. The van der Waals surface area contributed by atoms with Gasteiger partial charge in [0.2, 0.25) is 0 Å². The normalized spacial score (nSPS) is 19.9. The van der Waals surface area contributed by atoms with Crippen molar-refractivity contribution in [1.82, 2.24) is 19.8 Å². The fourth-order valence-corrected chi connectivity index (χ4v) is 6.20. The van der Waals surface area contributed by atoms with Crippen LogP contribution in [0.5, 0.6) is 0 Å². The lowest BCUT2D eigenvalue weighted by atomic mass is 9.92. The minimum atomic E-state index is 0.0937. The number of aryl methyl sites for hydroxylation is 1. The molecule has 5 rings (SSSR count). The molecule has 170 valence electrons. The molecule has 0 saturated carbocycles. The van der Waals surface area contributed by atoms with Crippen LogP contribution < -0.4 is 10.9 Å². The van der Waals surface area contributed by atoms with Crippen molar-refractivity contribution in [2.24, 2.45) is 0 Å². The maximum Gasteiger partial charge on any atom is 0.262 e. The van der Waals surface area contributed by atoms with Crippen molar-refractivity contribution in [3.05, 3.63) is 63.0 Å². The Morgan fingerprint density at radius 2 is 2.00 bits per heavy atom. The zero-order valence-corrected chi connectivity index (χ0v) is 19.8. The largest absolute Gasteiger partial charge is 0.379 e. The highest BCUT2D eigenvalue weighted by Crippen LogP contribution is 2.34. The minimum Gasteiger partial charge on any atom is -0.379 e. The first kappa shape index (κ1) is 21.8. The monoisotopic (exact) mass is 452 g/mol. The van der Waals surface area contributed by atoms with Crippen molar-refractivity contribution in [2.45, 2.75) is 51.2 Å². The van der Waals surface area contributed by atoms with E-state index >= 15 is 0 Å². The number of thiophene rings is 1. The molecule has 32 heavy (non-hydrogen) atoms. The van der Waals surface area contributed by atoms with Crippen molar-refractivity contribution in [1.29, 1.82) is 0 Å². The highest BCUT2D eigenvalue weighted by atomic mass is 32.1. The van der Waals surface area contributed by atoms with Crippen LogP contribution in [0.2, 0.25) is 0 Å². The van der Waals surface area contributed by atoms with E-state index in [4.69, 9.17) is 4.74 Å². The van der Waals surface area contributed by atoms with Crippen LogP contribution in [0, 0.1) is 0 Å². The first-order valence-corrected chi connectivity index (χ1v) is 12.4. The molecule has 0 radical (unpaired) electrons. The van der Waals surface area contributed by atoms with Crippen molar-refractivity contribution < 1.29 is 4.74 Å². The van der Waals surface area contributed by atoms with Gasteiger partial charge < -0.3 is 10.1 Å². The zero-order chi connectivity index (χ0) is 22.1. The Kier molecular flexibility index (Phi) is 6.16. The number of rotatable bonds is 6. The fourth-order valence-electron chi connectivity index (χ4n) is 4.94. The summed E-state index contributed by atoms with van der Waals surface area (Å²) in [6.45, 7) is 9.81. The van der Waals surface area contributed by atoms with E-state index in [0.717, 1.165) is 67.9 Å². The number of nitrogens with one attached hydrogen (secondary N) is 1. The second kappa shape index (κ2) is 9.06. The molecular weight excluding hydrogens is 420 g/mol. The van der Waals surface area contributed by atoms with E-state index in [1.54, 1.807) is 22.2 Å². The first-order chi connectivity index (χ1) is 15.5. The standard InChI is InChI=1S/C25H32N4O2S/c1-25(2,29-10-12-31-13-11-29)16-26-19-8-9-20-21(14-19)32-23-22(20)24(30)28(17-27-23)15-18-6-4-3-5-7-18/h3-7,17,19,26H,8-16H2,1-2H3/t19-/m1/s1. The maximum atomic E-state index is 13.3. The molecule has 3 heterocycles. The van der Waals surface area contributed by atoms with Crippen molar-refractivity contribution >= 4 is 21.6 Å². The summed E-state index contributed by atoms with van der Waals surface area (Å²) in [5, 5.41) is 4.67. The van der Waals surface area contributed by atoms with Gasteiger partial charge in [-0.25, -0.2) is 4.98 Å². The molecule has 1 aromatic carbocycles. The van der Waals surface area contributed by atoms with Gasteiger partial charge in [-0.3, -0.25) is 14.3 Å². The number of fused-ring (bicyclic) bond motifs is 3. The van der Waals surface area contributed by atoms with E-state index in [2.05, 4.69) is 29.0 Å². The number of hydrogen-bond acceptors (Lipinski definition) is 6. The average molecular weight is 453 g/mol. The van der Waals surface area contributed by atoms with E-state index < -0.39 is 0 Å². The summed E-state index contributed by atoms with van der Waals surface area (Å²) in [5.41, 5.74) is 2.55. The SMILES string of the molecule is CC(C)(CN[C@@H]1CCc2c(sc3ncn(Cc4ccccc4)c(=O)c23)C1)N1CCOCC1. The number of morpholine rings is 1. The molecule has 1 aliphatic heterocycles. The van der Waals surface area contributed by atoms with Crippen LogP contribution in [0.15, 0.2) is 41.5 Å². The highest BCUT2D eigenvalue weighted by Gasteiger charge is 2.30. The van der Waals surface area contributed by atoms with Gasteiger partial charge in [0.15, 0.2) is 0 Å². The first-order valence-electron chi connectivity index (χ1n) is 11.6. The predicted molar refractivity (Wildman–Crippen MR) is 130 cm³/mol. The van der Waals surface area contributed by atoms with E-state index in [0.29, 0.717) is 12.6 Å². The second-order valence-corrected chi connectivity index (χ2v) is 10.7. The minimum absolute atomic E-state index is 0.0937. The van der Waals surface area contributed by atoms with Gasteiger partial charge >= 0.3 is 0 Å². The van der Waals surface area contributed by atoms with Crippen LogP contribution in [-0.4, -0.2) is 58.9 Å². The number of nitrogens with zero attached hydrogens (tertiary/aromatic N) is 3. The van der Waals surface area contributed by atoms with E-state index in [9.17, 15) is 4.79 Å². The third-order valence-electron chi connectivity index (χ3n) is 6.92. The van der Waals surface area contributed by atoms with Crippen LogP contribution >= 0.6 is 11.3 Å². The van der Waals surface area contributed by atoms with Crippen molar-refractivity contribution in [3.8, 4) is 0 Å².